The van der Waals surface area contributed by atoms with E-state index in [2.05, 4.69) is 71.9 Å². The van der Waals surface area contributed by atoms with E-state index in [4.69, 9.17) is 0 Å². The van der Waals surface area contributed by atoms with Gasteiger partial charge in [-0.1, -0.05) is 44.8 Å². The maximum Gasteiger partial charge on any atom is 0.110 e. The first-order valence-corrected chi connectivity index (χ1v) is 8.35. The lowest BCUT2D eigenvalue weighted by atomic mass is 10.0. The minimum absolute atomic E-state index is 0.263. The van der Waals surface area contributed by atoms with Crippen LogP contribution >= 0.6 is 31.9 Å². The molecule has 1 aromatic heterocycles. The molecule has 108 valence electrons. The number of halogens is 2. The number of nitrogens with one attached hydrogen (secondary N) is 1. The molecule has 5 heteroatoms. The highest BCUT2D eigenvalue weighted by Crippen LogP contribution is 2.28. The minimum Gasteiger partial charge on any atom is -0.338 e. The highest BCUT2D eigenvalue weighted by Gasteiger charge is 2.16. The topological polar surface area (TPSA) is 29.9 Å². The average Bonchev–Trinajstić information content (AvgIpc) is 2.80. The van der Waals surface area contributed by atoms with Gasteiger partial charge in [0, 0.05) is 40.8 Å². The zero-order chi connectivity index (χ0) is 14.5. The van der Waals surface area contributed by atoms with E-state index < -0.39 is 0 Å². The molecular formula is C15H19Br2N3. The van der Waals surface area contributed by atoms with Crippen molar-refractivity contribution in [2.45, 2.75) is 25.8 Å². The van der Waals surface area contributed by atoms with Crippen molar-refractivity contribution < 1.29 is 0 Å². The van der Waals surface area contributed by atoms with Crippen LogP contribution in [0.25, 0.3) is 0 Å². The summed E-state index contributed by atoms with van der Waals surface area (Å²) in [6.45, 7) is 3.18. The summed E-state index contributed by atoms with van der Waals surface area (Å²) in [5.41, 5.74) is 1.27. The smallest absolute Gasteiger partial charge is 0.110 e. The van der Waals surface area contributed by atoms with Crippen LogP contribution < -0.4 is 5.32 Å². The summed E-state index contributed by atoms with van der Waals surface area (Å²) in [5.74, 6) is 1.09. The molecule has 0 aliphatic rings. The maximum absolute atomic E-state index is 4.43. The van der Waals surface area contributed by atoms with Gasteiger partial charge in [-0.2, -0.15) is 0 Å². The third-order valence-corrected chi connectivity index (χ3v) is 4.47. The van der Waals surface area contributed by atoms with Crippen LogP contribution in [0.1, 0.15) is 30.8 Å². The Hall–Kier alpha value is -0.650. The quantitative estimate of drug-likeness (QED) is 0.786. The summed E-state index contributed by atoms with van der Waals surface area (Å²) in [7, 11) is 2.04. The third kappa shape index (κ3) is 3.93. The van der Waals surface area contributed by atoms with Crippen LogP contribution in [-0.4, -0.2) is 16.1 Å². The molecule has 0 bridgehead atoms. The van der Waals surface area contributed by atoms with Gasteiger partial charge in [0.05, 0.1) is 0 Å². The van der Waals surface area contributed by atoms with Gasteiger partial charge >= 0.3 is 0 Å². The number of imidazole rings is 1. The first kappa shape index (κ1) is 15.7. The van der Waals surface area contributed by atoms with E-state index >= 15 is 0 Å². The summed E-state index contributed by atoms with van der Waals surface area (Å²) in [6.07, 6.45) is 5.83. The van der Waals surface area contributed by atoms with Crippen molar-refractivity contribution in [3.05, 3.63) is 50.9 Å². The normalized spacial score (nSPS) is 12.6. The molecule has 0 spiro atoms. The molecule has 0 radical (unpaired) electrons. The molecule has 0 saturated carbocycles. The van der Waals surface area contributed by atoms with Crippen molar-refractivity contribution in [1.82, 2.24) is 14.9 Å². The number of nitrogens with zero attached hydrogens (tertiary/aromatic N) is 2. The van der Waals surface area contributed by atoms with Gasteiger partial charge in [0.1, 0.15) is 5.82 Å². The third-order valence-electron chi connectivity index (χ3n) is 3.29. The van der Waals surface area contributed by atoms with Crippen molar-refractivity contribution in [1.29, 1.82) is 0 Å². The number of rotatable bonds is 6. The monoisotopic (exact) mass is 399 g/mol. The zero-order valence-electron chi connectivity index (χ0n) is 11.7. The second kappa shape index (κ2) is 7.38. The Labute approximate surface area is 137 Å². The van der Waals surface area contributed by atoms with Crippen molar-refractivity contribution in [3.63, 3.8) is 0 Å². The fraction of sp³-hybridized carbons (Fsp3) is 0.400. The average molecular weight is 401 g/mol. The molecule has 1 heterocycles. The number of hydrogen-bond donors (Lipinski definition) is 1. The molecule has 1 unspecified atom stereocenters. The fourth-order valence-corrected chi connectivity index (χ4v) is 3.49. The fourth-order valence-electron chi connectivity index (χ4n) is 2.17. The standard InChI is InChI=1S/C15H19Br2N3/c1-3-6-18-14(10-15-19-7-8-20(15)2)12-5-4-11(16)9-13(12)17/h4-5,7-9,14,18H,3,6,10H2,1-2H3. The second-order valence-electron chi connectivity index (χ2n) is 4.83. The molecule has 0 aliphatic heterocycles. The summed E-state index contributed by atoms with van der Waals surface area (Å²) in [4.78, 5) is 4.43. The summed E-state index contributed by atoms with van der Waals surface area (Å²) in [6, 6.07) is 6.59. The molecular weight excluding hydrogens is 382 g/mol. The van der Waals surface area contributed by atoms with Crippen LogP contribution in [0.4, 0.5) is 0 Å². The second-order valence-corrected chi connectivity index (χ2v) is 6.60. The van der Waals surface area contributed by atoms with Gasteiger partial charge in [0.15, 0.2) is 0 Å². The number of hydrogen-bond acceptors (Lipinski definition) is 2. The van der Waals surface area contributed by atoms with E-state index in [0.717, 1.165) is 34.2 Å². The molecule has 0 aliphatic carbocycles. The summed E-state index contributed by atoms with van der Waals surface area (Å²) < 4.78 is 4.28. The Morgan fingerprint density at radius 1 is 1.35 bits per heavy atom. The Balaban J connectivity index is 2.24. The Bertz CT molecular complexity index is 566. The van der Waals surface area contributed by atoms with E-state index in [1.165, 1.54) is 5.56 Å². The molecule has 20 heavy (non-hydrogen) atoms. The van der Waals surface area contributed by atoms with Gasteiger partial charge in [-0.05, 0) is 30.7 Å². The van der Waals surface area contributed by atoms with Gasteiger partial charge in [-0.15, -0.1) is 0 Å². The largest absolute Gasteiger partial charge is 0.338 e. The predicted molar refractivity (Wildman–Crippen MR) is 89.8 cm³/mol. The Morgan fingerprint density at radius 3 is 2.75 bits per heavy atom. The van der Waals surface area contributed by atoms with E-state index in [1.54, 1.807) is 0 Å². The number of benzene rings is 1. The molecule has 2 rings (SSSR count). The summed E-state index contributed by atoms with van der Waals surface area (Å²) in [5, 5.41) is 3.61. The summed E-state index contributed by atoms with van der Waals surface area (Å²) >= 11 is 7.17. The highest BCUT2D eigenvalue weighted by molar-refractivity contribution is 9.11. The maximum atomic E-state index is 4.43. The van der Waals surface area contributed by atoms with Gasteiger partial charge in [-0.3, -0.25) is 0 Å². The number of aryl methyl sites for hydroxylation is 1. The van der Waals surface area contributed by atoms with Gasteiger partial charge in [0.2, 0.25) is 0 Å². The molecule has 1 atom stereocenters. The first-order chi connectivity index (χ1) is 9.61. The molecule has 0 saturated heterocycles. The minimum atomic E-state index is 0.263. The van der Waals surface area contributed by atoms with Crippen LogP contribution in [0, 0.1) is 0 Å². The first-order valence-electron chi connectivity index (χ1n) is 6.76. The molecule has 0 amide bonds. The lowest BCUT2D eigenvalue weighted by Gasteiger charge is -2.20. The van der Waals surface area contributed by atoms with Crippen LogP contribution in [0.2, 0.25) is 0 Å². The van der Waals surface area contributed by atoms with E-state index in [-0.39, 0.29) is 6.04 Å². The SMILES string of the molecule is CCCNC(Cc1nccn1C)c1ccc(Br)cc1Br. The van der Waals surface area contributed by atoms with Crippen molar-refractivity contribution in [3.8, 4) is 0 Å². The van der Waals surface area contributed by atoms with Crippen LogP contribution in [0.15, 0.2) is 39.5 Å². The lowest BCUT2D eigenvalue weighted by Crippen LogP contribution is -2.25. The molecule has 1 aromatic carbocycles. The van der Waals surface area contributed by atoms with Gasteiger partial charge < -0.3 is 9.88 Å². The van der Waals surface area contributed by atoms with Crippen LogP contribution in [-0.2, 0) is 13.5 Å². The van der Waals surface area contributed by atoms with E-state index in [0.29, 0.717) is 0 Å². The predicted octanol–water partition coefficient (Wildman–Crippen LogP) is 4.23. The Morgan fingerprint density at radius 2 is 2.15 bits per heavy atom. The molecule has 1 N–H and O–H groups in total. The molecule has 2 aromatic rings. The lowest BCUT2D eigenvalue weighted by molar-refractivity contribution is 0.510. The molecule has 0 fully saturated rings. The van der Waals surface area contributed by atoms with Gasteiger partial charge in [0.25, 0.3) is 0 Å². The van der Waals surface area contributed by atoms with E-state index in [9.17, 15) is 0 Å². The zero-order valence-corrected chi connectivity index (χ0v) is 14.9. The molecule has 3 nitrogen and oxygen atoms in total. The number of aromatic nitrogens is 2. The van der Waals surface area contributed by atoms with E-state index in [1.807, 2.05) is 19.4 Å². The highest BCUT2D eigenvalue weighted by atomic mass is 79.9. The van der Waals surface area contributed by atoms with Crippen LogP contribution in [0.5, 0.6) is 0 Å². The van der Waals surface area contributed by atoms with Gasteiger partial charge in [-0.25, -0.2) is 4.98 Å². The van der Waals surface area contributed by atoms with Crippen molar-refractivity contribution >= 4 is 31.9 Å². The van der Waals surface area contributed by atoms with Crippen molar-refractivity contribution in [2.24, 2.45) is 7.05 Å². The van der Waals surface area contributed by atoms with Crippen molar-refractivity contribution in [2.75, 3.05) is 6.54 Å². The Kier molecular flexibility index (Phi) is 5.81. The van der Waals surface area contributed by atoms with Crippen LogP contribution in [0.3, 0.4) is 0 Å².